The molecular weight excluding hydrogens is 361 g/mol. The summed E-state index contributed by atoms with van der Waals surface area (Å²) in [5.74, 6) is 0. The molecule has 0 saturated carbocycles. The molecule has 26 heavy (non-hydrogen) atoms. The van der Waals surface area contributed by atoms with Gasteiger partial charge in [0, 0.05) is 18.6 Å². The quantitative estimate of drug-likeness (QED) is 0.425. The molecule has 14 heteroatoms. The van der Waals surface area contributed by atoms with E-state index in [4.69, 9.17) is 0 Å². The molecular formula is C12H22B4F6N2O2. The fourth-order valence-corrected chi connectivity index (χ4v) is 3.40. The van der Waals surface area contributed by atoms with Gasteiger partial charge in [0.2, 0.25) is 0 Å². The van der Waals surface area contributed by atoms with Crippen molar-refractivity contribution in [2.24, 2.45) is 0 Å². The van der Waals surface area contributed by atoms with Gasteiger partial charge >= 0.3 is 18.4 Å². The number of nitrogens with zero attached hydrogens (tertiary/aromatic N) is 2. The highest BCUT2D eigenvalue weighted by molar-refractivity contribution is 6.55. The highest BCUT2D eigenvalue weighted by atomic mass is 19.4. The SMILES string of the molecule is BC1(B)N(C(=O)OC(C(F)(F)F)C(F)(F)F)CCN(C(C)(C)C)C1(B)B. The van der Waals surface area contributed by atoms with Crippen LogP contribution in [0.4, 0.5) is 31.1 Å². The minimum atomic E-state index is -5.74. The molecule has 0 spiro atoms. The summed E-state index contributed by atoms with van der Waals surface area (Å²) in [6, 6.07) is 0. The Morgan fingerprint density at radius 2 is 1.35 bits per heavy atom. The highest BCUT2D eigenvalue weighted by Gasteiger charge is 2.61. The zero-order chi connectivity index (χ0) is 20.9. The second kappa shape index (κ2) is 6.60. The molecule has 1 fully saturated rings. The largest absolute Gasteiger partial charge is 0.434 e. The topological polar surface area (TPSA) is 32.8 Å². The molecule has 0 radical (unpaired) electrons. The van der Waals surface area contributed by atoms with Crippen molar-refractivity contribution in [1.82, 2.24) is 9.80 Å². The molecule has 0 aromatic carbocycles. The molecule has 0 aliphatic carbocycles. The second-order valence-electron chi connectivity index (χ2n) is 8.44. The first-order valence-electron chi connectivity index (χ1n) is 8.13. The van der Waals surface area contributed by atoms with Gasteiger partial charge in [0.15, 0.2) is 0 Å². The fraction of sp³-hybridized carbons (Fsp3) is 0.917. The summed E-state index contributed by atoms with van der Waals surface area (Å²) in [6.45, 7) is 6.08. The minimum absolute atomic E-state index is 0.0467. The molecule has 0 unspecified atom stereocenters. The van der Waals surface area contributed by atoms with Gasteiger partial charge in [0.1, 0.15) is 31.4 Å². The maximum Gasteiger partial charge on any atom is 0.434 e. The molecule has 1 heterocycles. The molecule has 1 aliphatic rings. The van der Waals surface area contributed by atoms with Gasteiger partial charge in [-0.15, -0.1) is 0 Å². The Bertz CT molecular complexity index is 533. The van der Waals surface area contributed by atoms with Crippen LogP contribution in [0.5, 0.6) is 0 Å². The van der Waals surface area contributed by atoms with Crippen molar-refractivity contribution >= 4 is 37.5 Å². The Kier molecular flexibility index (Phi) is 5.86. The normalized spacial score (nSPS) is 21.7. The van der Waals surface area contributed by atoms with Gasteiger partial charge in [-0.05, 0) is 31.4 Å². The van der Waals surface area contributed by atoms with Gasteiger partial charge in [-0.25, -0.2) is 4.79 Å². The number of alkyl halides is 6. The van der Waals surface area contributed by atoms with E-state index in [1.807, 2.05) is 20.8 Å². The number of rotatable bonds is 1. The van der Waals surface area contributed by atoms with Crippen LogP contribution >= 0.6 is 0 Å². The number of hydrogen-bond donors (Lipinski definition) is 0. The van der Waals surface area contributed by atoms with Crippen LogP contribution in [0.1, 0.15) is 20.8 Å². The average molecular weight is 384 g/mol. The van der Waals surface area contributed by atoms with Crippen LogP contribution in [-0.4, -0.2) is 95.0 Å². The highest BCUT2D eigenvalue weighted by Crippen LogP contribution is 2.38. The Morgan fingerprint density at radius 1 is 0.923 bits per heavy atom. The van der Waals surface area contributed by atoms with Crippen molar-refractivity contribution in [2.75, 3.05) is 13.1 Å². The molecule has 0 aromatic rings. The lowest BCUT2D eigenvalue weighted by Crippen LogP contribution is -2.81. The van der Waals surface area contributed by atoms with Gasteiger partial charge in [-0.1, -0.05) is 0 Å². The van der Waals surface area contributed by atoms with Crippen LogP contribution in [0.3, 0.4) is 0 Å². The van der Waals surface area contributed by atoms with E-state index in [1.165, 1.54) is 0 Å². The minimum Gasteiger partial charge on any atom is -0.426 e. The first-order valence-corrected chi connectivity index (χ1v) is 8.13. The van der Waals surface area contributed by atoms with Crippen molar-refractivity contribution in [2.45, 2.75) is 55.4 Å². The van der Waals surface area contributed by atoms with E-state index in [-0.39, 0.29) is 18.6 Å². The van der Waals surface area contributed by atoms with Crippen molar-refractivity contribution in [3.05, 3.63) is 0 Å². The van der Waals surface area contributed by atoms with Crippen LogP contribution in [0.15, 0.2) is 0 Å². The third kappa shape index (κ3) is 4.31. The van der Waals surface area contributed by atoms with E-state index in [0.29, 0.717) is 0 Å². The number of ether oxygens (including phenoxy) is 1. The summed E-state index contributed by atoms with van der Waals surface area (Å²) >= 11 is 0. The zero-order valence-electron chi connectivity index (χ0n) is 16.0. The maximum atomic E-state index is 12.7. The molecule has 1 amide bonds. The first kappa shape index (κ1) is 23.1. The van der Waals surface area contributed by atoms with E-state index >= 15 is 0 Å². The summed E-state index contributed by atoms with van der Waals surface area (Å²) in [5.41, 5.74) is -0.308. The first-order chi connectivity index (χ1) is 11.2. The predicted molar refractivity (Wildman–Crippen MR) is 95.2 cm³/mol. The standard InChI is InChI=1S/C12H22B4F6N2O2/c1-8(2,3)24-5-4-23(11(13,14)12(24,15)16)7(25)26-6(9(17,18)19)10(20,21)22/h6H,4-5,13-16H2,1-3H3. The number of halogens is 6. The molecule has 0 aromatic heterocycles. The number of piperazine rings is 1. The molecule has 0 atom stereocenters. The second-order valence-corrected chi connectivity index (χ2v) is 8.44. The van der Waals surface area contributed by atoms with E-state index in [0.717, 1.165) is 4.90 Å². The van der Waals surface area contributed by atoms with Gasteiger partial charge in [0.25, 0.3) is 6.10 Å². The van der Waals surface area contributed by atoms with Crippen molar-refractivity contribution in [1.29, 1.82) is 0 Å². The third-order valence-corrected chi connectivity index (χ3v) is 5.24. The van der Waals surface area contributed by atoms with Gasteiger partial charge < -0.3 is 14.5 Å². The van der Waals surface area contributed by atoms with E-state index in [9.17, 15) is 31.1 Å². The fourth-order valence-electron chi connectivity index (χ4n) is 3.40. The third-order valence-electron chi connectivity index (χ3n) is 5.24. The molecule has 0 N–H and O–H groups in total. The Morgan fingerprint density at radius 3 is 1.69 bits per heavy atom. The zero-order valence-corrected chi connectivity index (χ0v) is 16.0. The molecule has 1 rings (SSSR count). The lowest BCUT2D eigenvalue weighted by Gasteiger charge is -2.63. The van der Waals surface area contributed by atoms with Crippen molar-refractivity contribution < 1.29 is 35.9 Å². The number of amides is 1. The summed E-state index contributed by atoms with van der Waals surface area (Å²) in [4.78, 5) is 15.3. The van der Waals surface area contributed by atoms with Gasteiger partial charge in [-0.3, -0.25) is 0 Å². The number of hydrogen-bond acceptors (Lipinski definition) is 3. The lowest BCUT2D eigenvalue weighted by molar-refractivity contribution is -0.308. The summed E-state index contributed by atoms with van der Waals surface area (Å²) in [7, 11) is 6.79. The van der Waals surface area contributed by atoms with E-state index in [1.54, 1.807) is 31.4 Å². The summed E-state index contributed by atoms with van der Waals surface area (Å²) in [6.07, 6.45) is -17.2. The Hall–Kier alpha value is -0.930. The van der Waals surface area contributed by atoms with Crippen LogP contribution in [-0.2, 0) is 4.74 Å². The average Bonchev–Trinajstić information content (AvgIpc) is 2.34. The smallest absolute Gasteiger partial charge is 0.426 e. The number of carbonyl (C=O) groups is 1. The lowest BCUT2D eigenvalue weighted by atomic mass is 9.36. The molecule has 146 valence electrons. The van der Waals surface area contributed by atoms with Crippen LogP contribution < -0.4 is 0 Å². The maximum absolute atomic E-state index is 12.7. The van der Waals surface area contributed by atoms with Gasteiger partial charge in [0.05, 0.1) is 0 Å². The van der Waals surface area contributed by atoms with Crippen molar-refractivity contribution in [3.8, 4) is 0 Å². The van der Waals surface area contributed by atoms with E-state index in [2.05, 4.69) is 9.64 Å². The summed E-state index contributed by atoms with van der Waals surface area (Å²) in [5, 5.41) is -1.80. The molecule has 0 bridgehead atoms. The van der Waals surface area contributed by atoms with Crippen LogP contribution in [0.2, 0.25) is 0 Å². The van der Waals surface area contributed by atoms with Crippen LogP contribution in [0.25, 0.3) is 0 Å². The van der Waals surface area contributed by atoms with Crippen LogP contribution in [0, 0.1) is 0 Å². The number of carbonyl (C=O) groups excluding carboxylic acids is 1. The van der Waals surface area contributed by atoms with Gasteiger partial charge in [-0.2, -0.15) is 26.3 Å². The van der Waals surface area contributed by atoms with Crippen molar-refractivity contribution in [3.63, 3.8) is 0 Å². The van der Waals surface area contributed by atoms with E-state index < -0.39 is 35.2 Å². The monoisotopic (exact) mass is 384 g/mol. The molecule has 1 aliphatic heterocycles. The Balaban J connectivity index is 3.15. The predicted octanol–water partition coefficient (Wildman–Crippen LogP) is -1.13. The summed E-state index contributed by atoms with van der Waals surface area (Å²) < 4.78 is 80.0. The Labute approximate surface area is 152 Å². The molecule has 1 saturated heterocycles. The molecule has 4 nitrogen and oxygen atoms in total.